The van der Waals surface area contributed by atoms with Gasteiger partial charge in [0.2, 0.25) is 5.91 Å². The van der Waals surface area contributed by atoms with Crippen LogP contribution in [0.15, 0.2) is 29.4 Å². The number of nitrogens with zero attached hydrogens (tertiary/aromatic N) is 3. The Balaban J connectivity index is 1.57. The standard InChI is InChI=1S/C14H15IN4OS/c1-9-17-18-14(19(9)12-6-7-12)21-8-13(20)16-11-4-2-10(15)3-5-11/h2-5,12H,6-8H2,1H3,(H,16,20). The van der Waals surface area contributed by atoms with E-state index in [1.807, 2.05) is 31.2 Å². The average Bonchev–Trinajstić information content (AvgIpc) is 3.23. The first-order valence-corrected chi connectivity index (χ1v) is 8.79. The second-order valence-corrected chi connectivity index (χ2v) is 7.16. The van der Waals surface area contributed by atoms with Crippen LogP contribution in [0.5, 0.6) is 0 Å². The Morgan fingerprint density at radius 2 is 2.10 bits per heavy atom. The van der Waals surface area contributed by atoms with Gasteiger partial charge in [-0.2, -0.15) is 0 Å². The third kappa shape index (κ3) is 3.76. The number of aryl methyl sites for hydroxylation is 1. The van der Waals surface area contributed by atoms with Crippen molar-refractivity contribution < 1.29 is 4.79 Å². The Bertz CT molecular complexity index is 651. The van der Waals surface area contributed by atoms with Crippen LogP contribution in [-0.4, -0.2) is 26.4 Å². The molecule has 1 amide bonds. The summed E-state index contributed by atoms with van der Waals surface area (Å²) in [6.07, 6.45) is 2.36. The van der Waals surface area contributed by atoms with Crippen LogP contribution < -0.4 is 5.32 Å². The number of halogens is 1. The molecule has 1 saturated carbocycles. The van der Waals surface area contributed by atoms with Crippen molar-refractivity contribution in [3.63, 3.8) is 0 Å². The summed E-state index contributed by atoms with van der Waals surface area (Å²) < 4.78 is 3.29. The Labute approximate surface area is 141 Å². The van der Waals surface area contributed by atoms with Crippen molar-refractivity contribution in [3.8, 4) is 0 Å². The number of aromatic nitrogens is 3. The molecule has 0 spiro atoms. The number of anilines is 1. The van der Waals surface area contributed by atoms with Gasteiger partial charge in [-0.25, -0.2) is 0 Å². The van der Waals surface area contributed by atoms with Crippen LogP contribution >= 0.6 is 34.4 Å². The maximum absolute atomic E-state index is 12.0. The van der Waals surface area contributed by atoms with Crippen LogP contribution in [0.3, 0.4) is 0 Å². The van der Waals surface area contributed by atoms with E-state index in [1.54, 1.807) is 0 Å². The van der Waals surface area contributed by atoms with Gasteiger partial charge in [-0.1, -0.05) is 11.8 Å². The molecule has 0 saturated heterocycles. The lowest BCUT2D eigenvalue weighted by molar-refractivity contribution is -0.113. The number of amides is 1. The van der Waals surface area contributed by atoms with Crippen LogP contribution in [0.1, 0.15) is 24.7 Å². The number of benzene rings is 1. The molecular weight excluding hydrogens is 399 g/mol. The second kappa shape index (κ2) is 6.35. The first-order valence-electron chi connectivity index (χ1n) is 6.73. The summed E-state index contributed by atoms with van der Waals surface area (Å²) in [5, 5.41) is 12.0. The maximum atomic E-state index is 12.0. The molecule has 1 aliphatic rings. The molecule has 1 aliphatic carbocycles. The van der Waals surface area contributed by atoms with Crippen molar-refractivity contribution in [2.75, 3.05) is 11.1 Å². The van der Waals surface area contributed by atoms with E-state index in [0.29, 0.717) is 11.8 Å². The first kappa shape index (κ1) is 14.8. The van der Waals surface area contributed by atoms with Crippen molar-refractivity contribution >= 4 is 45.9 Å². The summed E-state index contributed by atoms with van der Waals surface area (Å²) in [6, 6.07) is 8.27. The van der Waals surface area contributed by atoms with Gasteiger partial charge in [0, 0.05) is 15.3 Å². The molecule has 1 heterocycles. The summed E-state index contributed by atoms with van der Waals surface area (Å²) >= 11 is 3.68. The van der Waals surface area contributed by atoms with E-state index in [1.165, 1.54) is 24.6 Å². The van der Waals surface area contributed by atoms with E-state index in [-0.39, 0.29) is 5.91 Å². The average molecular weight is 414 g/mol. The maximum Gasteiger partial charge on any atom is 0.234 e. The van der Waals surface area contributed by atoms with Gasteiger partial charge in [0.1, 0.15) is 5.82 Å². The summed E-state index contributed by atoms with van der Waals surface area (Å²) in [5.74, 6) is 1.25. The van der Waals surface area contributed by atoms with Gasteiger partial charge >= 0.3 is 0 Å². The molecule has 0 aliphatic heterocycles. The third-order valence-corrected chi connectivity index (χ3v) is 4.87. The fourth-order valence-corrected chi connectivity index (χ4v) is 3.27. The van der Waals surface area contributed by atoms with Crippen molar-refractivity contribution in [2.24, 2.45) is 0 Å². The quantitative estimate of drug-likeness (QED) is 0.603. The highest BCUT2D eigenvalue weighted by atomic mass is 127. The number of carbonyl (C=O) groups excluding carboxylic acids is 1. The molecule has 0 bridgehead atoms. The van der Waals surface area contributed by atoms with Crippen molar-refractivity contribution in [1.29, 1.82) is 0 Å². The molecule has 1 fully saturated rings. The van der Waals surface area contributed by atoms with E-state index < -0.39 is 0 Å². The van der Waals surface area contributed by atoms with Gasteiger partial charge in [-0.15, -0.1) is 10.2 Å². The van der Waals surface area contributed by atoms with E-state index in [9.17, 15) is 4.79 Å². The topological polar surface area (TPSA) is 59.8 Å². The third-order valence-electron chi connectivity index (χ3n) is 3.21. The fourth-order valence-electron chi connectivity index (χ4n) is 2.06. The number of carbonyl (C=O) groups is 1. The second-order valence-electron chi connectivity index (χ2n) is 4.97. The van der Waals surface area contributed by atoms with Crippen molar-refractivity contribution in [1.82, 2.24) is 14.8 Å². The van der Waals surface area contributed by atoms with Gasteiger partial charge in [0.15, 0.2) is 5.16 Å². The lowest BCUT2D eigenvalue weighted by Gasteiger charge is -2.07. The molecule has 5 nitrogen and oxygen atoms in total. The molecule has 7 heteroatoms. The Morgan fingerprint density at radius 3 is 2.76 bits per heavy atom. The highest BCUT2D eigenvalue weighted by Gasteiger charge is 2.28. The number of hydrogen-bond donors (Lipinski definition) is 1. The predicted octanol–water partition coefficient (Wildman–Crippen LogP) is 3.26. The van der Waals surface area contributed by atoms with Gasteiger partial charge in [-0.3, -0.25) is 4.79 Å². The zero-order valence-electron chi connectivity index (χ0n) is 11.5. The minimum atomic E-state index is -0.0239. The van der Waals surface area contributed by atoms with Crippen LogP contribution in [0, 0.1) is 10.5 Å². The first-order chi connectivity index (χ1) is 10.1. The molecular formula is C14H15IN4OS. The molecule has 0 atom stereocenters. The number of hydrogen-bond acceptors (Lipinski definition) is 4. The summed E-state index contributed by atoms with van der Waals surface area (Å²) in [6.45, 7) is 1.96. The largest absolute Gasteiger partial charge is 0.325 e. The van der Waals surface area contributed by atoms with Gasteiger partial charge < -0.3 is 9.88 Å². The van der Waals surface area contributed by atoms with Crippen LogP contribution in [0.2, 0.25) is 0 Å². The molecule has 110 valence electrons. The summed E-state index contributed by atoms with van der Waals surface area (Å²) in [4.78, 5) is 12.0. The van der Waals surface area contributed by atoms with Gasteiger partial charge in [0.05, 0.1) is 5.75 Å². The van der Waals surface area contributed by atoms with Crippen LogP contribution in [0.4, 0.5) is 5.69 Å². The Hall–Kier alpha value is -1.09. The Morgan fingerprint density at radius 1 is 1.38 bits per heavy atom. The van der Waals surface area contributed by atoms with Gasteiger partial charge in [0.25, 0.3) is 0 Å². The molecule has 1 aromatic heterocycles. The van der Waals surface area contributed by atoms with Crippen LogP contribution in [0.25, 0.3) is 0 Å². The number of thioether (sulfide) groups is 1. The van der Waals surface area contributed by atoms with Crippen molar-refractivity contribution in [2.45, 2.75) is 31.0 Å². The predicted molar refractivity (Wildman–Crippen MR) is 91.5 cm³/mol. The van der Waals surface area contributed by atoms with E-state index >= 15 is 0 Å². The van der Waals surface area contributed by atoms with Crippen molar-refractivity contribution in [3.05, 3.63) is 33.7 Å². The van der Waals surface area contributed by atoms with Gasteiger partial charge in [-0.05, 0) is 66.6 Å². The summed E-state index contributed by atoms with van der Waals surface area (Å²) in [5.41, 5.74) is 0.820. The minimum Gasteiger partial charge on any atom is -0.325 e. The SMILES string of the molecule is Cc1nnc(SCC(=O)Nc2ccc(I)cc2)n1C1CC1. The zero-order chi connectivity index (χ0) is 14.8. The number of nitrogens with one attached hydrogen (secondary N) is 1. The highest BCUT2D eigenvalue weighted by Crippen LogP contribution is 2.38. The molecule has 1 N–H and O–H groups in total. The molecule has 0 radical (unpaired) electrons. The van der Waals surface area contributed by atoms with E-state index in [0.717, 1.165) is 20.2 Å². The molecule has 3 rings (SSSR count). The highest BCUT2D eigenvalue weighted by molar-refractivity contribution is 14.1. The zero-order valence-corrected chi connectivity index (χ0v) is 14.5. The monoisotopic (exact) mass is 414 g/mol. The van der Waals surface area contributed by atoms with Crippen LogP contribution in [-0.2, 0) is 4.79 Å². The minimum absolute atomic E-state index is 0.0239. The smallest absolute Gasteiger partial charge is 0.234 e. The molecule has 2 aromatic rings. The Kier molecular flexibility index (Phi) is 4.48. The molecule has 0 unspecified atom stereocenters. The lowest BCUT2D eigenvalue weighted by atomic mass is 10.3. The fraction of sp³-hybridized carbons (Fsp3) is 0.357. The molecule has 21 heavy (non-hydrogen) atoms. The van der Waals surface area contributed by atoms with E-state index in [2.05, 4.69) is 42.7 Å². The molecule has 1 aromatic carbocycles. The van der Waals surface area contributed by atoms with E-state index in [4.69, 9.17) is 0 Å². The number of rotatable bonds is 5. The normalized spacial score (nSPS) is 14.2. The lowest BCUT2D eigenvalue weighted by Crippen LogP contribution is -2.14. The summed E-state index contributed by atoms with van der Waals surface area (Å²) in [7, 11) is 0.